The Hall–Kier alpha value is -1.77. The Bertz CT molecular complexity index is 515. The molecule has 0 N–H and O–H groups in total. The minimum Gasteiger partial charge on any atom is -0.299 e. The lowest BCUT2D eigenvalue weighted by atomic mass is 10.0. The van der Waals surface area contributed by atoms with Crippen LogP contribution in [0.25, 0.3) is 10.8 Å². The van der Waals surface area contributed by atoms with Crippen LogP contribution in [0, 0.1) is 5.92 Å². The van der Waals surface area contributed by atoms with Crippen LogP contribution >= 0.6 is 0 Å². The van der Waals surface area contributed by atoms with Gasteiger partial charge in [0.05, 0.1) is 18.3 Å². The molecule has 0 aliphatic carbocycles. The highest BCUT2D eigenvalue weighted by Crippen LogP contribution is 2.16. The monoisotopic (exact) mass is 214 g/mol. The van der Waals surface area contributed by atoms with Gasteiger partial charge in [-0.05, 0) is 0 Å². The Kier molecular flexibility index (Phi) is 2.95. The number of nitrogens with zero attached hydrogens (tertiary/aromatic N) is 2. The molecule has 1 heterocycles. The molecule has 3 heteroatoms. The van der Waals surface area contributed by atoms with Gasteiger partial charge in [0.1, 0.15) is 5.78 Å². The van der Waals surface area contributed by atoms with E-state index in [9.17, 15) is 4.79 Å². The molecule has 3 nitrogen and oxygen atoms in total. The van der Waals surface area contributed by atoms with Crippen LogP contribution in [0.15, 0.2) is 30.5 Å². The number of Topliss-reactive ketones (excluding diaryl/α,β-unsaturated/α-hetero) is 1. The predicted molar refractivity (Wildman–Crippen MR) is 63.1 cm³/mol. The molecule has 0 fully saturated rings. The molecule has 0 unspecified atom stereocenters. The zero-order valence-electron chi connectivity index (χ0n) is 9.47. The smallest absolute Gasteiger partial charge is 0.141 e. The quantitative estimate of drug-likeness (QED) is 0.788. The van der Waals surface area contributed by atoms with Gasteiger partial charge in [-0.25, -0.2) is 0 Å². The summed E-state index contributed by atoms with van der Waals surface area (Å²) in [6.07, 6.45) is 2.09. The van der Waals surface area contributed by atoms with E-state index < -0.39 is 0 Å². The molecule has 0 amide bonds. The molecular weight excluding hydrogens is 200 g/mol. The molecular formula is C13H14N2O. The lowest BCUT2D eigenvalue weighted by molar-refractivity contribution is -0.121. The molecule has 0 aliphatic rings. The normalized spacial score (nSPS) is 10.9. The minimum absolute atomic E-state index is 0.0424. The predicted octanol–water partition coefficient (Wildman–Crippen LogP) is 2.40. The number of benzene rings is 1. The van der Waals surface area contributed by atoms with Crippen molar-refractivity contribution in [2.75, 3.05) is 0 Å². The Balaban J connectivity index is 2.41. The van der Waals surface area contributed by atoms with Crippen LogP contribution in [0.4, 0.5) is 0 Å². The van der Waals surface area contributed by atoms with Crippen LogP contribution in [0.3, 0.4) is 0 Å². The fourth-order valence-corrected chi connectivity index (χ4v) is 1.59. The van der Waals surface area contributed by atoms with Crippen molar-refractivity contribution in [3.05, 3.63) is 36.2 Å². The first-order chi connectivity index (χ1) is 7.68. The second-order valence-corrected chi connectivity index (χ2v) is 4.18. The zero-order valence-corrected chi connectivity index (χ0v) is 9.47. The fraction of sp³-hybridized carbons (Fsp3) is 0.308. The van der Waals surface area contributed by atoms with E-state index in [0.29, 0.717) is 6.42 Å². The van der Waals surface area contributed by atoms with Gasteiger partial charge in [0, 0.05) is 16.7 Å². The molecule has 0 aliphatic heterocycles. The average molecular weight is 214 g/mol. The van der Waals surface area contributed by atoms with E-state index in [1.54, 1.807) is 6.20 Å². The van der Waals surface area contributed by atoms with Crippen LogP contribution in [-0.4, -0.2) is 16.0 Å². The summed E-state index contributed by atoms with van der Waals surface area (Å²) in [5.41, 5.74) is 0.775. The van der Waals surface area contributed by atoms with Gasteiger partial charge in [0.25, 0.3) is 0 Å². The number of carbonyl (C=O) groups excluding carboxylic acids is 1. The van der Waals surface area contributed by atoms with Gasteiger partial charge in [-0.3, -0.25) is 4.79 Å². The molecule has 0 saturated carbocycles. The Morgan fingerprint density at radius 3 is 2.81 bits per heavy atom. The molecule has 1 aromatic heterocycles. The first kappa shape index (κ1) is 10.7. The van der Waals surface area contributed by atoms with Crippen molar-refractivity contribution in [2.24, 2.45) is 5.92 Å². The number of ketones is 1. The molecule has 0 radical (unpaired) electrons. The summed E-state index contributed by atoms with van der Waals surface area (Å²) >= 11 is 0. The van der Waals surface area contributed by atoms with Gasteiger partial charge in [-0.1, -0.05) is 38.1 Å². The second-order valence-electron chi connectivity index (χ2n) is 4.18. The Labute approximate surface area is 94.5 Å². The van der Waals surface area contributed by atoms with Crippen LogP contribution in [0.5, 0.6) is 0 Å². The van der Waals surface area contributed by atoms with Crippen molar-refractivity contribution in [2.45, 2.75) is 20.3 Å². The first-order valence-electron chi connectivity index (χ1n) is 5.40. The second kappa shape index (κ2) is 4.39. The maximum Gasteiger partial charge on any atom is 0.141 e. The third kappa shape index (κ3) is 2.08. The number of fused-ring (bicyclic) bond motifs is 1. The molecule has 0 saturated heterocycles. The summed E-state index contributed by atoms with van der Waals surface area (Å²) in [6, 6.07) is 7.87. The first-order valence-corrected chi connectivity index (χ1v) is 5.40. The van der Waals surface area contributed by atoms with Gasteiger partial charge in [-0.2, -0.15) is 10.2 Å². The number of hydrogen-bond acceptors (Lipinski definition) is 3. The number of hydrogen-bond donors (Lipinski definition) is 0. The summed E-state index contributed by atoms with van der Waals surface area (Å²) in [5, 5.41) is 10.0. The maximum absolute atomic E-state index is 11.7. The Morgan fingerprint density at radius 2 is 2.06 bits per heavy atom. The van der Waals surface area contributed by atoms with Crippen LogP contribution in [-0.2, 0) is 11.2 Å². The molecule has 0 bridgehead atoms. The fourth-order valence-electron chi connectivity index (χ4n) is 1.59. The highest BCUT2D eigenvalue weighted by molar-refractivity contribution is 5.89. The summed E-state index contributed by atoms with van der Waals surface area (Å²) in [4.78, 5) is 11.7. The van der Waals surface area contributed by atoms with Crippen LogP contribution in [0.2, 0.25) is 0 Å². The molecule has 2 rings (SSSR count). The van der Waals surface area contributed by atoms with Crippen molar-refractivity contribution in [3.63, 3.8) is 0 Å². The third-order valence-corrected chi connectivity index (χ3v) is 2.63. The number of rotatable bonds is 3. The van der Waals surface area contributed by atoms with E-state index in [-0.39, 0.29) is 11.7 Å². The SMILES string of the molecule is CC(C)C(=O)Cc1nncc2ccccc12. The van der Waals surface area contributed by atoms with E-state index in [4.69, 9.17) is 0 Å². The molecule has 0 atom stereocenters. The standard InChI is InChI=1S/C13H14N2O/c1-9(2)13(16)7-12-11-6-4-3-5-10(11)8-14-15-12/h3-6,8-9H,7H2,1-2H3. The third-order valence-electron chi connectivity index (χ3n) is 2.63. The van der Waals surface area contributed by atoms with Gasteiger partial charge in [0.15, 0.2) is 0 Å². The molecule has 1 aromatic carbocycles. The zero-order chi connectivity index (χ0) is 11.5. The van der Waals surface area contributed by atoms with Crippen LogP contribution < -0.4 is 0 Å². The lowest BCUT2D eigenvalue weighted by Crippen LogP contribution is -2.12. The highest BCUT2D eigenvalue weighted by atomic mass is 16.1. The van der Waals surface area contributed by atoms with Crippen molar-refractivity contribution < 1.29 is 4.79 Å². The summed E-state index contributed by atoms with van der Waals surface area (Å²) in [5.74, 6) is 0.242. The molecule has 2 aromatic rings. The van der Waals surface area contributed by atoms with E-state index in [1.807, 2.05) is 38.1 Å². The van der Waals surface area contributed by atoms with Gasteiger partial charge in [0.2, 0.25) is 0 Å². The van der Waals surface area contributed by atoms with Gasteiger partial charge in [-0.15, -0.1) is 0 Å². The van der Waals surface area contributed by atoms with Crippen LogP contribution in [0.1, 0.15) is 19.5 Å². The lowest BCUT2D eigenvalue weighted by Gasteiger charge is -2.05. The number of aromatic nitrogens is 2. The maximum atomic E-state index is 11.7. The average Bonchev–Trinajstić information content (AvgIpc) is 2.29. The van der Waals surface area contributed by atoms with E-state index in [2.05, 4.69) is 10.2 Å². The molecule has 82 valence electrons. The van der Waals surface area contributed by atoms with E-state index in [0.717, 1.165) is 16.5 Å². The summed E-state index contributed by atoms with van der Waals surface area (Å²) in [7, 11) is 0. The van der Waals surface area contributed by atoms with Crippen molar-refractivity contribution in [3.8, 4) is 0 Å². The van der Waals surface area contributed by atoms with Gasteiger partial charge < -0.3 is 0 Å². The van der Waals surface area contributed by atoms with Crippen molar-refractivity contribution >= 4 is 16.6 Å². The van der Waals surface area contributed by atoms with E-state index >= 15 is 0 Å². The largest absolute Gasteiger partial charge is 0.299 e. The molecule has 16 heavy (non-hydrogen) atoms. The molecule has 0 spiro atoms. The number of carbonyl (C=O) groups is 1. The summed E-state index contributed by atoms with van der Waals surface area (Å²) < 4.78 is 0. The topological polar surface area (TPSA) is 42.9 Å². The minimum atomic E-state index is 0.0424. The summed E-state index contributed by atoms with van der Waals surface area (Å²) in [6.45, 7) is 3.81. The van der Waals surface area contributed by atoms with E-state index in [1.165, 1.54) is 0 Å². The Morgan fingerprint density at radius 1 is 1.31 bits per heavy atom. The van der Waals surface area contributed by atoms with Crippen molar-refractivity contribution in [1.29, 1.82) is 0 Å². The van der Waals surface area contributed by atoms with Crippen molar-refractivity contribution in [1.82, 2.24) is 10.2 Å². The highest BCUT2D eigenvalue weighted by Gasteiger charge is 2.11. The van der Waals surface area contributed by atoms with Gasteiger partial charge >= 0.3 is 0 Å².